The molecule has 1 aliphatic rings. The molecule has 0 bridgehead atoms. The number of rotatable bonds is 5. The number of nitrogens with zero attached hydrogens (tertiary/aromatic N) is 2. The van der Waals surface area contributed by atoms with Crippen LogP contribution < -0.4 is 10.2 Å². The Labute approximate surface area is 161 Å². The number of benzene rings is 1. The van der Waals surface area contributed by atoms with Crippen LogP contribution in [0.15, 0.2) is 24.3 Å². The zero-order valence-electron chi connectivity index (χ0n) is 16.7. The number of thioether (sulfide) groups is 1. The van der Waals surface area contributed by atoms with Gasteiger partial charge in [-0.2, -0.15) is 0 Å². The van der Waals surface area contributed by atoms with E-state index in [1.165, 1.54) is 0 Å². The lowest BCUT2D eigenvalue weighted by Crippen LogP contribution is -2.52. The van der Waals surface area contributed by atoms with Crippen LogP contribution in [0, 0.1) is 0 Å². The molecule has 1 aromatic rings. The molecule has 1 heterocycles. The van der Waals surface area contributed by atoms with Crippen LogP contribution in [0.25, 0.3) is 0 Å². The van der Waals surface area contributed by atoms with Crippen molar-refractivity contribution in [3.05, 3.63) is 29.8 Å². The first-order valence-corrected chi connectivity index (χ1v) is 10.4. The molecular formula is C20H31N3O2S. The Kier molecular flexibility index (Phi) is 6.61. The highest BCUT2D eigenvalue weighted by Crippen LogP contribution is 2.25. The highest BCUT2D eigenvalue weighted by Gasteiger charge is 2.36. The van der Waals surface area contributed by atoms with E-state index in [1.807, 2.05) is 45.0 Å². The Morgan fingerprint density at radius 2 is 1.88 bits per heavy atom. The molecule has 6 heteroatoms. The second-order valence-electron chi connectivity index (χ2n) is 7.96. The van der Waals surface area contributed by atoms with Crippen LogP contribution >= 0.6 is 11.8 Å². The lowest BCUT2D eigenvalue weighted by molar-refractivity contribution is -0.125. The van der Waals surface area contributed by atoms with E-state index in [9.17, 15) is 9.59 Å². The van der Waals surface area contributed by atoms with Crippen molar-refractivity contribution < 1.29 is 9.59 Å². The third-order valence-electron chi connectivity index (χ3n) is 4.35. The number of anilines is 1. The molecule has 2 rings (SSSR count). The minimum atomic E-state index is -0.408. The van der Waals surface area contributed by atoms with E-state index >= 15 is 0 Å². The van der Waals surface area contributed by atoms with Gasteiger partial charge in [0, 0.05) is 35.1 Å². The van der Waals surface area contributed by atoms with Gasteiger partial charge in [0.15, 0.2) is 0 Å². The number of hydrogen-bond donors (Lipinski definition) is 1. The zero-order chi connectivity index (χ0) is 19.5. The summed E-state index contributed by atoms with van der Waals surface area (Å²) in [7, 11) is 0. The average Bonchev–Trinajstić information content (AvgIpc) is 3.03. The van der Waals surface area contributed by atoms with Crippen LogP contribution in [0.3, 0.4) is 0 Å². The molecule has 1 aliphatic heterocycles. The van der Waals surface area contributed by atoms with Gasteiger partial charge in [-0.3, -0.25) is 9.59 Å². The number of carbonyl (C=O) groups is 2. The molecule has 0 saturated carbocycles. The summed E-state index contributed by atoms with van der Waals surface area (Å²) in [6.45, 7) is 13.2. The normalized spacial score (nSPS) is 17.5. The fraction of sp³-hybridized carbons (Fsp3) is 0.600. The molecule has 1 saturated heterocycles. The van der Waals surface area contributed by atoms with E-state index in [0.717, 1.165) is 12.2 Å². The number of carbonyl (C=O) groups excluding carboxylic acids is 2. The van der Waals surface area contributed by atoms with E-state index in [4.69, 9.17) is 0 Å². The molecule has 5 nitrogen and oxygen atoms in total. The third-order valence-corrected chi connectivity index (χ3v) is 5.37. The SMILES string of the molecule is CCN(c1ccc(C(=O)N2CSCC2C(=O)NC(C)(C)C)cc1)C(C)C. The van der Waals surface area contributed by atoms with Crippen LogP contribution in [0.4, 0.5) is 5.69 Å². The Balaban J connectivity index is 2.13. The number of nitrogens with one attached hydrogen (secondary N) is 1. The highest BCUT2D eigenvalue weighted by atomic mass is 32.2. The van der Waals surface area contributed by atoms with Crippen LogP contribution in [0.2, 0.25) is 0 Å². The summed E-state index contributed by atoms with van der Waals surface area (Å²) in [4.78, 5) is 29.4. The van der Waals surface area contributed by atoms with E-state index in [1.54, 1.807) is 16.7 Å². The molecule has 2 amide bonds. The van der Waals surface area contributed by atoms with Crippen molar-refractivity contribution in [1.82, 2.24) is 10.2 Å². The predicted octanol–water partition coefficient (Wildman–Crippen LogP) is 3.35. The lowest BCUT2D eigenvalue weighted by atomic mass is 10.1. The Bertz CT molecular complexity index is 637. The van der Waals surface area contributed by atoms with Gasteiger partial charge in [-0.15, -0.1) is 11.8 Å². The molecule has 1 atom stereocenters. The van der Waals surface area contributed by atoms with E-state index in [2.05, 4.69) is 31.0 Å². The summed E-state index contributed by atoms with van der Waals surface area (Å²) < 4.78 is 0. The van der Waals surface area contributed by atoms with Crippen molar-refractivity contribution in [3.63, 3.8) is 0 Å². The maximum Gasteiger partial charge on any atom is 0.255 e. The number of hydrogen-bond acceptors (Lipinski definition) is 4. The summed E-state index contributed by atoms with van der Waals surface area (Å²) in [6, 6.07) is 7.71. The van der Waals surface area contributed by atoms with Crippen molar-refractivity contribution in [1.29, 1.82) is 0 Å². The van der Waals surface area contributed by atoms with Crippen molar-refractivity contribution in [2.45, 2.75) is 59.2 Å². The molecule has 0 aromatic heterocycles. The first-order chi connectivity index (χ1) is 12.1. The summed E-state index contributed by atoms with van der Waals surface area (Å²) in [5, 5.41) is 2.99. The second kappa shape index (κ2) is 8.33. The van der Waals surface area contributed by atoms with Gasteiger partial charge in [-0.1, -0.05) is 0 Å². The highest BCUT2D eigenvalue weighted by molar-refractivity contribution is 7.99. The van der Waals surface area contributed by atoms with Crippen LogP contribution in [-0.2, 0) is 4.79 Å². The summed E-state index contributed by atoms with van der Waals surface area (Å²) in [5.74, 6) is 1.03. The van der Waals surface area contributed by atoms with Crippen LogP contribution in [0.1, 0.15) is 51.9 Å². The zero-order valence-corrected chi connectivity index (χ0v) is 17.5. The first kappa shape index (κ1) is 20.6. The van der Waals surface area contributed by atoms with Gasteiger partial charge in [0.05, 0.1) is 5.88 Å². The molecular weight excluding hydrogens is 346 g/mol. The van der Waals surface area contributed by atoms with Crippen LogP contribution in [0.5, 0.6) is 0 Å². The minimum absolute atomic E-state index is 0.0792. The van der Waals surface area contributed by atoms with Crippen molar-refractivity contribution in [2.75, 3.05) is 23.1 Å². The largest absolute Gasteiger partial charge is 0.369 e. The van der Waals surface area contributed by atoms with Gasteiger partial charge in [0.25, 0.3) is 5.91 Å². The molecule has 1 aromatic carbocycles. The second-order valence-corrected chi connectivity index (χ2v) is 8.96. The molecule has 1 unspecified atom stereocenters. The van der Waals surface area contributed by atoms with E-state index < -0.39 is 6.04 Å². The molecule has 0 radical (unpaired) electrons. The first-order valence-electron chi connectivity index (χ1n) is 9.21. The predicted molar refractivity (Wildman–Crippen MR) is 110 cm³/mol. The van der Waals surface area contributed by atoms with Gasteiger partial charge in [-0.05, 0) is 65.8 Å². The molecule has 1 fully saturated rings. The van der Waals surface area contributed by atoms with E-state index in [0.29, 0.717) is 23.2 Å². The van der Waals surface area contributed by atoms with Gasteiger partial charge in [0.1, 0.15) is 6.04 Å². The maximum absolute atomic E-state index is 12.9. The van der Waals surface area contributed by atoms with Gasteiger partial charge < -0.3 is 15.1 Å². The minimum Gasteiger partial charge on any atom is -0.369 e. The smallest absolute Gasteiger partial charge is 0.255 e. The average molecular weight is 378 g/mol. The van der Waals surface area contributed by atoms with Gasteiger partial charge in [0.2, 0.25) is 5.91 Å². The summed E-state index contributed by atoms with van der Waals surface area (Å²) in [5.41, 5.74) is 1.43. The van der Waals surface area contributed by atoms with Crippen LogP contribution in [-0.4, -0.2) is 52.5 Å². The molecule has 144 valence electrons. The van der Waals surface area contributed by atoms with Crippen molar-refractivity contribution in [3.8, 4) is 0 Å². The molecule has 26 heavy (non-hydrogen) atoms. The fourth-order valence-corrected chi connectivity index (χ4v) is 4.27. The Morgan fingerprint density at radius 3 is 2.38 bits per heavy atom. The molecule has 1 N–H and O–H groups in total. The maximum atomic E-state index is 12.9. The topological polar surface area (TPSA) is 52.7 Å². The van der Waals surface area contributed by atoms with Crippen molar-refractivity contribution >= 4 is 29.3 Å². The number of amides is 2. The van der Waals surface area contributed by atoms with Gasteiger partial charge in [-0.25, -0.2) is 0 Å². The Hall–Kier alpha value is -1.69. The van der Waals surface area contributed by atoms with Crippen molar-refractivity contribution in [2.24, 2.45) is 0 Å². The Morgan fingerprint density at radius 1 is 1.27 bits per heavy atom. The third kappa shape index (κ3) is 4.93. The summed E-state index contributed by atoms with van der Waals surface area (Å²) in [6.07, 6.45) is 0. The standard InChI is InChI=1S/C20H31N3O2S/c1-7-22(14(2)3)16-10-8-15(9-11-16)19(25)23-13-26-12-17(23)18(24)21-20(4,5)6/h8-11,14,17H,7,12-13H2,1-6H3,(H,21,24). The summed E-state index contributed by atoms with van der Waals surface area (Å²) >= 11 is 1.62. The molecule has 0 spiro atoms. The lowest BCUT2D eigenvalue weighted by Gasteiger charge is -2.29. The van der Waals surface area contributed by atoms with E-state index in [-0.39, 0.29) is 17.4 Å². The van der Waals surface area contributed by atoms with Gasteiger partial charge >= 0.3 is 0 Å². The molecule has 0 aliphatic carbocycles. The monoisotopic (exact) mass is 377 g/mol. The fourth-order valence-electron chi connectivity index (χ4n) is 3.12. The quantitative estimate of drug-likeness (QED) is 0.855.